The number of hydrogen-bond donors (Lipinski definition) is 2. The third-order valence-corrected chi connectivity index (χ3v) is 1.02. The van der Waals surface area contributed by atoms with Crippen LogP contribution < -0.4 is 0 Å². The molecule has 15 heavy (non-hydrogen) atoms. The van der Waals surface area contributed by atoms with Gasteiger partial charge in [0.1, 0.15) is 0 Å². The summed E-state index contributed by atoms with van der Waals surface area (Å²) in [6, 6.07) is 2.22. The first-order chi connectivity index (χ1) is 6.13. The molecule has 0 atom stereocenters. The Hall–Kier alpha value is 0.528. The molecular weight excluding hydrogens is 354 g/mol. The molecule has 0 aliphatic rings. The fourth-order valence-corrected chi connectivity index (χ4v) is 0.453. The van der Waals surface area contributed by atoms with Gasteiger partial charge in [-0.2, -0.15) is 0 Å². The topological polar surface area (TPSA) is 99.3 Å². The average Bonchev–Trinajstić information content (AvgIpc) is 2.01. The molecule has 0 saturated carbocycles. The molecule has 0 amide bonds. The van der Waals surface area contributed by atoms with Gasteiger partial charge >= 0.3 is 11.9 Å². The normalized spacial score (nSPS) is 7.47. The third-order valence-electron chi connectivity index (χ3n) is 1.02. The van der Waals surface area contributed by atoms with Gasteiger partial charge in [0, 0.05) is 65.4 Å². The monoisotopic (exact) mass is 364 g/mol. The van der Waals surface area contributed by atoms with Gasteiger partial charge in [-0.3, -0.25) is 9.59 Å². The van der Waals surface area contributed by atoms with Crippen LogP contribution in [0.3, 0.4) is 0 Å². The zero-order valence-corrected chi connectivity index (χ0v) is 13.8. The average molecular weight is 364 g/mol. The molecule has 8 heteroatoms. The van der Waals surface area contributed by atoms with Gasteiger partial charge in [-0.25, -0.2) is 9.98 Å². The number of carboxylic acids is 2. The van der Waals surface area contributed by atoms with Gasteiger partial charge < -0.3 is 10.2 Å². The van der Waals surface area contributed by atoms with E-state index in [0.29, 0.717) is 0 Å². The molecular formula is C7H10N2O4Y2. The minimum absolute atomic E-state index is 0. The zero-order valence-electron chi connectivity index (χ0n) is 8.09. The van der Waals surface area contributed by atoms with E-state index in [1.54, 1.807) is 0 Å². The summed E-state index contributed by atoms with van der Waals surface area (Å²) in [7, 11) is 0. The fourth-order valence-electron chi connectivity index (χ4n) is 0.453. The second-order valence-electron chi connectivity index (χ2n) is 2.15. The van der Waals surface area contributed by atoms with Crippen LogP contribution in [0.5, 0.6) is 0 Å². The van der Waals surface area contributed by atoms with Crippen LogP contribution >= 0.6 is 0 Å². The van der Waals surface area contributed by atoms with Gasteiger partial charge in [-0.15, -0.1) is 0 Å². The largest absolute Gasteiger partial charge is 0.481 e. The fraction of sp³-hybridized carbons (Fsp3) is 0.571. The Balaban J connectivity index is -0.000000720. The van der Waals surface area contributed by atoms with Crippen LogP contribution in [0, 0.1) is 0 Å². The molecule has 6 nitrogen and oxygen atoms in total. The van der Waals surface area contributed by atoms with E-state index in [9.17, 15) is 9.59 Å². The van der Waals surface area contributed by atoms with Crippen molar-refractivity contribution in [3.63, 3.8) is 0 Å². The molecule has 0 aliphatic heterocycles. The number of carboxylic acid groups (broad SMARTS) is 2. The van der Waals surface area contributed by atoms with Crippen LogP contribution in [0.1, 0.15) is 12.8 Å². The predicted molar refractivity (Wildman–Crippen MR) is 44.1 cm³/mol. The first-order valence-electron chi connectivity index (χ1n) is 3.64. The van der Waals surface area contributed by atoms with E-state index in [1.807, 2.05) is 0 Å². The van der Waals surface area contributed by atoms with E-state index in [4.69, 9.17) is 10.2 Å². The van der Waals surface area contributed by atoms with E-state index in [2.05, 4.69) is 16.0 Å². The van der Waals surface area contributed by atoms with Crippen molar-refractivity contribution in [3.05, 3.63) is 0 Å². The molecule has 0 aromatic rings. The number of nitrogens with zero attached hydrogens (tertiary/aromatic N) is 2. The quantitative estimate of drug-likeness (QED) is 0.654. The van der Waals surface area contributed by atoms with Gasteiger partial charge in [-0.05, 0) is 0 Å². The Morgan fingerprint density at radius 2 is 1.27 bits per heavy atom. The molecule has 2 radical (unpaired) electrons. The van der Waals surface area contributed by atoms with Crippen LogP contribution in [0.15, 0.2) is 9.98 Å². The number of carbonyl (C=O) groups is 2. The maximum atomic E-state index is 9.98. The summed E-state index contributed by atoms with van der Waals surface area (Å²) in [5, 5.41) is 16.4. The van der Waals surface area contributed by atoms with E-state index in [1.165, 1.54) is 0 Å². The Bertz CT molecular complexity index is 229. The van der Waals surface area contributed by atoms with E-state index in [0.717, 1.165) is 0 Å². The molecule has 78 valence electrons. The minimum Gasteiger partial charge on any atom is -0.481 e. The van der Waals surface area contributed by atoms with Crippen LogP contribution in [0.25, 0.3) is 0 Å². The molecule has 0 spiro atoms. The maximum Gasteiger partial charge on any atom is 0.305 e. The van der Waals surface area contributed by atoms with E-state index in [-0.39, 0.29) is 91.3 Å². The van der Waals surface area contributed by atoms with Gasteiger partial charge in [0.05, 0.1) is 31.9 Å². The zero-order chi connectivity index (χ0) is 10.1. The standard InChI is InChI=1S/C7H10N2O4.2Y/c10-6(11)1-3-8-5-9-4-2-7(12)13;;/h1-4H2,(H,10,11)(H,12,13);;. The third kappa shape index (κ3) is 20.6. The second-order valence-corrected chi connectivity index (χ2v) is 2.15. The molecule has 0 saturated heterocycles. The van der Waals surface area contributed by atoms with Crippen molar-refractivity contribution in [1.29, 1.82) is 0 Å². The first kappa shape index (κ1) is 20.9. The van der Waals surface area contributed by atoms with Gasteiger partial charge in [0.2, 0.25) is 0 Å². The van der Waals surface area contributed by atoms with Gasteiger partial charge in [0.15, 0.2) is 0 Å². The van der Waals surface area contributed by atoms with Crippen molar-refractivity contribution in [2.75, 3.05) is 13.1 Å². The van der Waals surface area contributed by atoms with E-state index >= 15 is 0 Å². The second kappa shape index (κ2) is 14.5. The van der Waals surface area contributed by atoms with Gasteiger partial charge in [-0.1, -0.05) is 0 Å². The summed E-state index contributed by atoms with van der Waals surface area (Å²) in [5.74, 6) is -1.87. The first-order valence-corrected chi connectivity index (χ1v) is 3.64. The van der Waals surface area contributed by atoms with Crippen molar-refractivity contribution in [2.45, 2.75) is 12.8 Å². The smallest absolute Gasteiger partial charge is 0.305 e. The molecule has 0 heterocycles. The van der Waals surface area contributed by atoms with Crippen molar-refractivity contribution in [2.24, 2.45) is 9.98 Å². The van der Waals surface area contributed by atoms with Crippen LogP contribution in [-0.2, 0) is 75.0 Å². The predicted octanol–water partition coefficient (Wildman–Crippen LogP) is 0.105. The molecule has 0 bridgehead atoms. The summed E-state index contributed by atoms with van der Waals surface area (Å²) in [5.41, 5.74) is 0. The Kier molecular flexibility index (Phi) is 20.2. The Labute approximate surface area is 137 Å². The molecule has 0 aromatic carbocycles. The molecule has 2 N–H and O–H groups in total. The van der Waals surface area contributed by atoms with Crippen molar-refractivity contribution in [1.82, 2.24) is 0 Å². The van der Waals surface area contributed by atoms with Crippen molar-refractivity contribution < 1.29 is 85.2 Å². The molecule has 0 aliphatic carbocycles. The minimum atomic E-state index is -0.934. The number of aliphatic carboxylic acids is 2. The van der Waals surface area contributed by atoms with Crippen LogP contribution in [0.4, 0.5) is 0 Å². The number of rotatable bonds is 6. The SMILES string of the molecule is O=C(O)CCN=C=NCCC(=O)O.[Y].[Y]. The van der Waals surface area contributed by atoms with E-state index < -0.39 is 11.9 Å². The van der Waals surface area contributed by atoms with Crippen molar-refractivity contribution in [3.8, 4) is 0 Å². The molecule has 0 fully saturated rings. The van der Waals surface area contributed by atoms with Crippen LogP contribution in [-0.4, -0.2) is 41.2 Å². The maximum absolute atomic E-state index is 9.98. The molecule has 0 rings (SSSR count). The number of hydrogen-bond acceptors (Lipinski definition) is 4. The Morgan fingerprint density at radius 1 is 0.933 bits per heavy atom. The number of aliphatic imine (C=N–C) groups is 2. The summed E-state index contributed by atoms with van der Waals surface area (Å²) >= 11 is 0. The Morgan fingerprint density at radius 3 is 1.53 bits per heavy atom. The van der Waals surface area contributed by atoms with Crippen LogP contribution in [0.2, 0.25) is 0 Å². The summed E-state index contributed by atoms with van der Waals surface area (Å²) in [6.07, 6.45) is -0.136. The van der Waals surface area contributed by atoms with Crippen molar-refractivity contribution >= 4 is 17.9 Å². The summed E-state index contributed by atoms with van der Waals surface area (Å²) in [6.45, 7) is 0.234. The molecule has 0 aromatic heterocycles. The van der Waals surface area contributed by atoms with Gasteiger partial charge in [0.25, 0.3) is 0 Å². The summed E-state index contributed by atoms with van der Waals surface area (Å²) in [4.78, 5) is 27.0. The summed E-state index contributed by atoms with van der Waals surface area (Å²) < 4.78 is 0. The molecule has 0 unspecified atom stereocenters.